The maximum Gasteiger partial charge on any atom is 0.305 e. The highest BCUT2D eigenvalue weighted by Gasteiger charge is 2.19. The Morgan fingerprint density at radius 1 is 1.13 bits per heavy atom. The van der Waals surface area contributed by atoms with Crippen molar-refractivity contribution in [2.24, 2.45) is 5.73 Å². The van der Waals surface area contributed by atoms with Crippen LogP contribution in [-0.2, 0) is 4.79 Å². The molecule has 1 unspecified atom stereocenters. The van der Waals surface area contributed by atoms with E-state index in [9.17, 15) is 9.18 Å². The number of carboxylic acid groups (broad SMARTS) is 1. The second kappa shape index (κ2) is 6.50. The first-order valence-corrected chi connectivity index (χ1v) is 7.57. The van der Waals surface area contributed by atoms with Crippen molar-refractivity contribution >= 4 is 5.97 Å². The average molecular weight is 315 g/mol. The van der Waals surface area contributed by atoms with Gasteiger partial charge in [0.15, 0.2) is 0 Å². The number of aryl methyl sites for hydroxylation is 3. The van der Waals surface area contributed by atoms with Gasteiger partial charge in [0.2, 0.25) is 0 Å². The lowest BCUT2D eigenvalue weighted by Crippen LogP contribution is -2.17. The first-order chi connectivity index (χ1) is 10.7. The van der Waals surface area contributed by atoms with Crippen LogP contribution in [-0.4, -0.2) is 11.1 Å². The van der Waals surface area contributed by atoms with Gasteiger partial charge in [0.1, 0.15) is 5.82 Å². The van der Waals surface area contributed by atoms with Gasteiger partial charge in [-0.15, -0.1) is 0 Å². The Bertz CT molecular complexity index is 768. The van der Waals surface area contributed by atoms with E-state index >= 15 is 0 Å². The smallest absolute Gasteiger partial charge is 0.305 e. The number of carbonyl (C=O) groups is 1. The average Bonchev–Trinajstić information content (AvgIpc) is 2.46. The quantitative estimate of drug-likeness (QED) is 0.888. The van der Waals surface area contributed by atoms with Gasteiger partial charge in [-0.3, -0.25) is 4.79 Å². The Kier molecular flexibility index (Phi) is 4.85. The number of aliphatic carboxylic acids is 1. The maximum absolute atomic E-state index is 14.4. The van der Waals surface area contributed by atoms with Gasteiger partial charge in [0.05, 0.1) is 6.42 Å². The van der Waals surface area contributed by atoms with Crippen molar-refractivity contribution in [2.75, 3.05) is 0 Å². The molecule has 0 spiro atoms. The standard InChI is InChI=1S/C19H22FNO2/c1-10-5-6-11(2)18(13(10)4)14-7-12(3)19(20)15(8-14)16(21)9-17(22)23/h5-8,16H,9,21H2,1-4H3,(H,22,23). The van der Waals surface area contributed by atoms with Crippen molar-refractivity contribution in [1.82, 2.24) is 0 Å². The van der Waals surface area contributed by atoms with Crippen molar-refractivity contribution < 1.29 is 14.3 Å². The molecule has 0 bridgehead atoms. The molecular weight excluding hydrogens is 293 g/mol. The highest BCUT2D eigenvalue weighted by atomic mass is 19.1. The minimum Gasteiger partial charge on any atom is -0.481 e. The number of halogens is 1. The van der Waals surface area contributed by atoms with Crippen molar-refractivity contribution in [3.05, 3.63) is 57.9 Å². The van der Waals surface area contributed by atoms with Gasteiger partial charge in [-0.1, -0.05) is 12.1 Å². The summed E-state index contributed by atoms with van der Waals surface area (Å²) in [5.41, 5.74) is 11.9. The fraction of sp³-hybridized carbons (Fsp3) is 0.316. The molecule has 1 atom stereocenters. The molecule has 0 heterocycles. The van der Waals surface area contributed by atoms with Crippen LogP contribution in [0, 0.1) is 33.5 Å². The Morgan fingerprint density at radius 3 is 2.35 bits per heavy atom. The summed E-state index contributed by atoms with van der Waals surface area (Å²) < 4.78 is 14.4. The van der Waals surface area contributed by atoms with Gasteiger partial charge < -0.3 is 10.8 Å². The fourth-order valence-corrected chi connectivity index (χ4v) is 2.90. The van der Waals surface area contributed by atoms with Gasteiger partial charge in [-0.2, -0.15) is 0 Å². The third-order valence-corrected chi connectivity index (χ3v) is 4.31. The summed E-state index contributed by atoms with van der Waals surface area (Å²) in [6.45, 7) is 7.76. The molecule has 2 aromatic rings. The zero-order chi connectivity index (χ0) is 17.3. The van der Waals surface area contributed by atoms with E-state index in [1.165, 1.54) is 0 Å². The van der Waals surface area contributed by atoms with Crippen molar-refractivity contribution in [3.63, 3.8) is 0 Å². The van der Waals surface area contributed by atoms with Gasteiger partial charge in [-0.25, -0.2) is 4.39 Å². The van der Waals surface area contributed by atoms with Gasteiger partial charge in [0, 0.05) is 11.6 Å². The van der Waals surface area contributed by atoms with E-state index in [0.29, 0.717) is 5.56 Å². The Morgan fingerprint density at radius 2 is 1.74 bits per heavy atom. The summed E-state index contributed by atoms with van der Waals surface area (Å²) in [4.78, 5) is 10.9. The van der Waals surface area contributed by atoms with Crippen LogP contribution in [0.4, 0.5) is 4.39 Å². The van der Waals surface area contributed by atoms with Crippen molar-refractivity contribution in [2.45, 2.75) is 40.2 Å². The highest BCUT2D eigenvalue weighted by molar-refractivity contribution is 5.74. The van der Waals surface area contributed by atoms with Gasteiger partial charge in [-0.05, 0) is 73.2 Å². The lowest BCUT2D eigenvalue weighted by molar-refractivity contribution is -0.137. The van der Waals surface area contributed by atoms with Crippen LogP contribution in [0.15, 0.2) is 24.3 Å². The predicted octanol–water partition coefficient (Wildman–Crippen LogP) is 4.20. The lowest BCUT2D eigenvalue weighted by atomic mass is 9.89. The molecule has 0 saturated heterocycles. The number of rotatable bonds is 4. The first kappa shape index (κ1) is 17.2. The monoisotopic (exact) mass is 315 g/mol. The minimum atomic E-state index is -1.04. The topological polar surface area (TPSA) is 63.3 Å². The fourth-order valence-electron chi connectivity index (χ4n) is 2.90. The molecule has 4 heteroatoms. The second-order valence-electron chi connectivity index (χ2n) is 6.10. The Hall–Kier alpha value is -2.20. The predicted molar refractivity (Wildman–Crippen MR) is 90.0 cm³/mol. The molecule has 0 amide bonds. The van der Waals surface area contributed by atoms with Crippen LogP contribution in [0.1, 0.15) is 40.3 Å². The number of carboxylic acids is 1. The zero-order valence-corrected chi connectivity index (χ0v) is 13.9. The molecule has 2 aromatic carbocycles. The molecule has 23 heavy (non-hydrogen) atoms. The lowest BCUT2D eigenvalue weighted by Gasteiger charge is -2.18. The van der Waals surface area contributed by atoms with E-state index in [1.54, 1.807) is 19.1 Å². The molecule has 0 radical (unpaired) electrons. The number of nitrogens with two attached hydrogens (primary N) is 1. The van der Waals surface area contributed by atoms with E-state index in [2.05, 4.69) is 6.07 Å². The summed E-state index contributed by atoms with van der Waals surface area (Å²) >= 11 is 0. The number of hydrogen-bond acceptors (Lipinski definition) is 2. The van der Waals surface area contributed by atoms with Gasteiger partial charge >= 0.3 is 5.97 Å². The highest BCUT2D eigenvalue weighted by Crippen LogP contribution is 2.33. The van der Waals surface area contributed by atoms with Crippen LogP contribution in [0.25, 0.3) is 11.1 Å². The van der Waals surface area contributed by atoms with Crippen LogP contribution in [0.2, 0.25) is 0 Å². The molecule has 122 valence electrons. The first-order valence-electron chi connectivity index (χ1n) is 7.57. The molecule has 0 aliphatic carbocycles. The molecule has 3 nitrogen and oxygen atoms in total. The van der Waals surface area contributed by atoms with Crippen LogP contribution < -0.4 is 5.73 Å². The van der Waals surface area contributed by atoms with Crippen LogP contribution in [0.5, 0.6) is 0 Å². The molecule has 2 rings (SSSR count). The normalized spacial score (nSPS) is 12.3. The van der Waals surface area contributed by atoms with E-state index in [1.807, 2.05) is 26.8 Å². The van der Waals surface area contributed by atoms with E-state index < -0.39 is 17.8 Å². The van der Waals surface area contributed by atoms with E-state index in [-0.39, 0.29) is 12.0 Å². The second-order valence-corrected chi connectivity index (χ2v) is 6.10. The third kappa shape index (κ3) is 3.42. The minimum absolute atomic E-state index is 0.253. The SMILES string of the molecule is Cc1ccc(C)c(-c2cc(C)c(F)c(C(N)CC(=O)O)c2)c1C. The maximum atomic E-state index is 14.4. The molecule has 0 aromatic heterocycles. The molecule has 0 fully saturated rings. The van der Waals surface area contributed by atoms with Gasteiger partial charge in [0.25, 0.3) is 0 Å². The molecule has 0 saturated carbocycles. The van der Waals surface area contributed by atoms with Crippen molar-refractivity contribution in [1.29, 1.82) is 0 Å². The third-order valence-electron chi connectivity index (χ3n) is 4.31. The zero-order valence-electron chi connectivity index (χ0n) is 13.9. The number of hydrogen-bond donors (Lipinski definition) is 2. The Labute approximate surface area is 136 Å². The summed E-state index contributed by atoms with van der Waals surface area (Å²) in [6.07, 6.45) is -0.300. The molecule has 0 aliphatic rings. The summed E-state index contributed by atoms with van der Waals surface area (Å²) in [5.74, 6) is -1.46. The summed E-state index contributed by atoms with van der Waals surface area (Å²) in [7, 11) is 0. The Balaban J connectivity index is 2.64. The van der Waals surface area contributed by atoms with Crippen LogP contribution in [0.3, 0.4) is 0 Å². The van der Waals surface area contributed by atoms with E-state index in [4.69, 9.17) is 10.8 Å². The number of benzene rings is 2. The van der Waals surface area contributed by atoms with Crippen LogP contribution >= 0.6 is 0 Å². The largest absolute Gasteiger partial charge is 0.481 e. The van der Waals surface area contributed by atoms with Crippen molar-refractivity contribution in [3.8, 4) is 11.1 Å². The molecule has 0 aliphatic heterocycles. The van der Waals surface area contributed by atoms with E-state index in [0.717, 1.165) is 27.8 Å². The summed E-state index contributed by atoms with van der Waals surface area (Å²) in [6, 6.07) is 6.71. The molecule has 3 N–H and O–H groups in total. The summed E-state index contributed by atoms with van der Waals surface area (Å²) in [5, 5.41) is 8.91. The molecular formula is C19H22FNO2.